The first-order valence-electron chi connectivity index (χ1n) is 3.12. The molecule has 1 nitrogen and oxygen atoms in total. The molecule has 0 amide bonds. The van der Waals surface area contributed by atoms with Crippen molar-refractivity contribution >= 4 is 0 Å². The zero-order valence-electron chi connectivity index (χ0n) is 6.75. The topological polar surface area (TPSA) is 9.23 Å². The molecule has 0 unspecified atom stereocenters. The summed E-state index contributed by atoms with van der Waals surface area (Å²) in [5, 5.41) is 0. The monoisotopic (exact) mass is 168 g/mol. The van der Waals surface area contributed by atoms with E-state index in [0.29, 0.717) is 0 Å². The van der Waals surface area contributed by atoms with E-state index in [1.807, 2.05) is 0 Å². The van der Waals surface area contributed by atoms with Gasteiger partial charge in [-0.15, -0.1) is 0 Å². The van der Waals surface area contributed by atoms with Gasteiger partial charge in [-0.3, -0.25) is 0 Å². The second-order valence-corrected chi connectivity index (χ2v) is 2.34. The third-order valence-electron chi connectivity index (χ3n) is 1.43. The maximum Gasteiger partial charge on any atom is 0.412 e. The van der Waals surface area contributed by atoms with Crippen LogP contribution >= 0.6 is 0 Å². The Morgan fingerprint density at radius 1 is 1.27 bits per heavy atom. The van der Waals surface area contributed by atoms with Crippen LogP contribution in [-0.4, -0.2) is 19.9 Å². The van der Waals surface area contributed by atoms with Crippen LogP contribution in [0.4, 0.5) is 13.2 Å². The molecule has 0 aromatic carbocycles. The van der Waals surface area contributed by atoms with E-state index < -0.39 is 11.7 Å². The van der Waals surface area contributed by atoms with Gasteiger partial charge in [0.1, 0.15) is 0 Å². The van der Waals surface area contributed by atoms with E-state index in [-0.39, 0.29) is 12.2 Å². The van der Waals surface area contributed by atoms with Gasteiger partial charge >= 0.3 is 6.18 Å². The van der Waals surface area contributed by atoms with Crippen molar-refractivity contribution in [2.75, 3.05) is 13.7 Å². The van der Waals surface area contributed by atoms with E-state index in [9.17, 15) is 13.2 Å². The molecule has 0 aliphatic carbocycles. The smallest absolute Gasteiger partial charge is 0.380 e. The third-order valence-corrected chi connectivity index (χ3v) is 1.43. The number of rotatable bonds is 2. The minimum atomic E-state index is -4.22. The van der Waals surface area contributed by atoms with Crippen LogP contribution < -0.4 is 0 Å². The first kappa shape index (κ1) is 10.5. The summed E-state index contributed by atoms with van der Waals surface area (Å²) < 4.78 is 40.3. The van der Waals surface area contributed by atoms with Crippen LogP contribution in [0.2, 0.25) is 0 Å². The van der Waals surface area contributed by atoms with Crippen molar-refractivity contribution in [1.82, 2.24) is 0 Å². The Bertz CT molecular complexity index is 158. The van der Waals surface area contributed by atoms with Crippen LogP contribution in [-0.2, 0) is 4.74 Å². The molecule has 0 aromatic heterocycles. The summed E-state index contributed by atoms with van der Waals surface area (Å²) in [6, 6.07) is 0. The molecular weight excluding hydrogens is 157 g/mol. The van der Waals surface area contributed by atoms with Crippen LogP contribution in [0, 0.1) is 0 Å². The number of ether oxygens (including phenoxy) is 1. The molecule has 0 radical (unpaired) electrons. The summed E-state index contributed by atoms with van der Waals surface area (Å²) in [5.74, 6) is 0. The lowest BCUT2D eigenvalue weighted by molar-refractivity contribution is -0.0926. The van der Waals surface area contributed by atoms with Gasteiger partial charge in [0.05, 0.1) is 6.61 Å². The molecular formula is C7H11F3O. The molecule has 0 saturated carbocycles. The second kappa shape index (κ2) is 3.76. The summed E-state index contributed by atoms with van der Waals surface area (Å²) in [6.45, 7) is 2.49. The van der Waals surface area contributed by atoms with E-state index >= 15 is 0 Å². The second-order valence-electron chi connectivity index (χ2n) is 2.34. The van der Waals surface area contributed by atoms with Crippen LogP contribution in [0.15, 0.2) is 11.1 Å². The molecule has 0 aromatic rings. The molecule has 0 aliphatic heterocycles. The summed E-state index contributed by atoms with van der Waals surface area (Å²) in [7, 11) is 1.37. The Hall–Kier alpha value is -0.510. The lowest BCUT2D eigenvalue weighted by Crippen LogP contribution is -2.12. The fourth-order valence-electron chi connectivity index (χ4n) is 0.567. The summed E-state index contributed by atoms with van der Waals surface area (Å²) >= 11 is 0. The van der Waals surface area contributed by atoms with Gasteiger partial charge in [-0.05, 0) is 19.4 Å². The van der Waals surface area contributed by atoms with Crippen molar-refractivity contribution in [1.29, 1.82) is 0 Å². The van der Waals surface area contributed by atoms with Gasteiger partial charge in [0.25, 0.3) is 0 Å². The van der Waals surface area contributed by atoms with E-state index in [0.717, 1.165) is 6.92 Å². The van der Waals surface area contributed by atoms with Gasteiger partial charge in [-0.1, -0.05) is 0 Å². The van der Waals surface area contributed by atoms with E-state index in [1.165, 1.54) is 14.0 Å². The summed E-state index contributed by atoms with van der Waals surface area (Å²) in [6.07, 6.45) is -4.22. The highest BCUT2D eigenvalue weighted by Crippen LogP contribution is 2.27. The molecule has 0 saturated heterocycles. The van der Waals surface area contributed by atoms with Crippen molar-refractivity contribution in [2.24, 2.45) is 0 Å². The molecule has 0 bridgehead atoms. The molecule has 0 rings (SSSR count). The van der Waals surface area contributed by atoms with Crippen LogP contribution in [0.1, 0.15) is 13.8 Å². The quantitative estimate of drug-likeness (QED) is 0.575. The molecule has 4 heteroatoms. The molecule has 11 heavy (non-hydrogen) atoms. The zero-order valence-corrected chi connectivity index (χ0v) is 6.75. The van der Waals surface area contributed by atoms with Gasteiger partial charge in [-0.2, -0.15) is 13.2 Å². The van der Waals surface area contributed by atoms with Crippen molar-refractivity contribution < 1.29 is 17.9 Å². The van der Waals surface area contributed by atoms with Gasteiger partial charge in [0, 0.05) is 12.7 Å². The minimum absolute atomic E-state index is 0.0331. The first-order chi connectivity index (χ1) is 4.89. The number of halogens is 3. The molecule has 0 atom stereocenters. The van der Waals surface area contributed by atoms with Gasteiger partial charge < -0.3 is 4.74 Å². The maximum atomic E-state index is 11.9. The van der Waals surface area contributed by atoms with Crippen molar-refractivity contribution in [3.63, 3.8) is 0 Å². The Balaban J connectivity index is 4.39. The van der Waals surface area contributed by atoms with E-state index in [1.54, 1.807) is 0 Å². The van der Waals surface area contributed by atoms with E-state index in [4.69, 9.17) is 0 Å². The van der Waals surface area contributed by atoms with Crippen molar-refractivity contribution in [2.45, 2.75) is 20.0 Å². The number of allylic oxidation sites excluding steroid dienone is 1. The highest BCUT2D eigenvalue weighted by molar-refractivity contribution is 5.14. The summed E-state index contributed by atoms with van der Waals surface area (Å²) in [4.78, 5) is 0. The lowest BCUT2D eigenvalue weighted by atomic mass is 10.1. The number of methoxy groups -OCH3 is 1. The Kier molecular flexibility index (Phi) is 3.58. The largest absolute Gasteiger partial charge is 0.412 e. The van der Waals surface area contributed by atoms with E-state index in [2.05, 4.69) is 4.74 Å². The van der Waals surface area contributed by atoms with Crippen molar-refractivity contribution in [3.8, 4) is 0 Å². The molecule has 0 N–H and O–H groups in total. The highest BCUT2D eigenvalue weighted by atomic mass is 19.4. The normalized spacial score (nSPS) is 14.7. The van der Waals surface area contributed by atoms with Gasteiger partial charge in [-0.25, -0.2) is 0 Å². The fourth-order valence-corrected chi connectivity index (χ4v) is 0.567. The molecule has 0 fully saturated rings. The Labute approximate surface area is 63.8 Å². The Morgan fingerprint density at radius 3 is 2.00 bits per heavy atom. The average molecular weight is 168 g/mol. The minimum Gasteiger partial charge on any atom is -0.380 e. The lowest BCUT2D eigenvalue weighted by Gasteiger charge is -2.10. The maximum absolute atomic E-state index is 11.9. The molecule has 66 valence electrons. The zero-order chi connectivity index (χ0) is 9.07. The van der Waals surface area contributed by atoms with Crippen LogP contribution in [0.25, 0.3) is 0 Å². The summed E-state index contributed by atoms with van der Waals surface area (Å²) in [5.41, 5.74) is -0.348. The third kappa shape index (κ3) is 3.41. The Morgan fingerprint density at radius 2 is 1.73 bits per heavy atom. The van der Waals surface area contributed by atoms with Crippen LogP contribution in [0.5, 0.6) is 0 Å². The molecule has 0 heterocycles. The molecule has 0 aliphatic rings. The van der Waals surface area contributed by atoms with Crippen molar-refractivity contribution in [3.05, 3.63) is 11.1 Å². The number of hydrogen-bond donors (Lipinski definition) is 0. The van der Waals surface area contributed by atoms with Crippen LogP contribution in [0.3, 0.4) is 0 Å². The predicted molar refractivity (Wildman–Crippen MR) is 36.3 cm³/mol. The average Bonchev–Trinajstić information content (AvgIpc) is 1.85. The van der Waals surface area contributed by atoms with Gasteiger partial charge in [0.15, 0.2) is 0 Å². The fraction of sp³-hybridized carbons (Fsp3) is 0.714. The number of alkyl halides is 3. The molecule has 0 spiro atoms. The SMILES string of the molecule is COC/C(C)=C(/C)C(F)(F)F. The number of hydrogen-bond acceptors (Lipinski definition) is 1. The predicted octanol–water partition coefficient (Wildman–Crippen LogP) is 2.53. The first-order valence-corrected chi connectivity index (χ1v) is 3.12. The standard InChI is InChI=1S/C7H11F3O/c1-5(4-11-3)6(2)7(8,9)10/h4H2,1-3H3/b6-5-. The highest BCUT2D eigenvalue weighted by Gasteiger charge is 2.31. The van der Waals surface area contributed by atoms with Gasteiger partial charge in [0.2, 0.25) is 0 Å².